The highest BCUT2D eigenvalue weighted by atomic mass is 35.5. The fourth-order valence-electron chi connectivity index (χ4n) is 3.14. The SMILES string of the molecule is CC(C)N1CC(=O)N(Cc2ccccc2Cl)C(c2ccc(Cl)cc2)C1=O. The minimum Gasteiger partial charge on any atom is -0.329 e. The summed E-state index contributed by atoms with van der Waals surface area (Å²) >= 11 is 12.3. The number of halogens is 2. The van der Waals surface area contributed by atoms with Crippen molar-refractivity contribution in [3.63, 3.8) is 0 Å². The van der Waals surface area contributed by atoms with Gasteiger partial charge in [-0.1, -0.05) is 53.5 Å². The lowest BCUT2D eigenvalue weighted by atomic mass is 9.99. The van der Waals surface area contributed by atoms with Gasteiger partial charge in [-0.2, -0.15) is 0 Å². The Balaban J connectivity index is 2.01. The Morgan fingerprint density at radius 3 is 2.31 bits per heavy atom. The average Bonchev–Trinajstić information content (AvgIpc) is 2.60. The van der Waals surface area contributed by atoms with E-state index in [4.69, 9.17) is 23.2 Å². The van der Waals surface area contributed by atoms with E-state index in [1.807, 2.05) is 32.0 Å². The van der Waals surface area contributed by atoms with Crippen LogP contribution in [0.4, 0.5) is 0 Å². The van der Waals surface area contributed by atoms with Crippen LogP contribution in [0.1, 0.15) is 31.0 Å². The number of hydrogen-bond donors (Lipinski definition) is 0. The Kier molecular flexibility index (Phi) is 5.54. The van der Waals surface area contributed by atoms with E-state index in [1.165, 1.54) is 0 Å². The molecule has 2 aromatic carbocycles. The van der Waals surface area contributed by atoms with E-state index < -0.39 is 6.04 Å². The van der Waals surface area contributed by atoms with Crippen LogP contribution < -0.4 is 0 Å². The standard InChI is InChI=1S/C20H20Cl2N2O2/c1-13(2)23-12-18(25)24(11-15-5-3-4-6-17(15)22)19(20(23)26)14-7-9-16(21)10-8-14/h3-10,13,19H,11-12H2,1-2H3. The minimum atomic E-state index is -0.688. The summed E-state index contributed by atoms with van der Waals surface area (Å²) in [5.74, 6) is -0.188. The largest absolute Gasteiger partial charge is 0.329 e. The lowest BCUT2D eigenvalue weighted by Gasteiger charge is -2.42. The Hall–Kier alpha value is -2.04. The highest BCUT2D eigenvalue weighted by Gasteiger charge is 2.41. The van der Waals surface area contributed by atoms with Crippen molar-refractivity contribution in [1.29, 1.82) is 0 Å². The van der Waals surface area contributed by atoms with Gasteiger partial charge in [-0.25, -0.2) is 0 Å². The van der Waals surface area contributed by atoms with Crippen molar-refractivity contribution in [2.75, 3.05) is 6.54 Å². The van der Waals surface area contributed by atoms with Crippen LogP contribution in [0.2, 0.25) is 10.0 Å². The second-order valence-corrected chi connectivity index (χ2v) is 7.47. The first-order valence-corrected chi connectivity index (χ1v) is 9.23. The number of piperazine rings is 1. The third-order valence-electron chi connectivity index (χ3n) is 4.56. The normalized spacial score (nSPS) is 18.0. The molecule has 136 valence electrons. The van der Waals surface area contributed by atoms with Gasteiger partial charge in [-0.3, -0.25) is 9.59 Å². The molecule has 2 amide bonds. The van der Waals surface area contributed by atoms with Crippen molar-refractivity contribution >= 4 is 35.0 Å². The summed E-state index contributed by atoms with van der Waals surface area (Å²) in [6.07, 6.45) is 0. The molecular formula is C20H20Cl2N2O2. The molecule has 0 radical (unpaired) electrons. The fourth-order valence-corrected chi connectivity index (χ4v) is 3.46. The first-order chi connectivity index (χ1) is 12.4. The summed E-state index contributed by atoms with van der Waals surface area (Å²) in [5.41, 5.74) is 1.55. The molecule has 1 fully saturated rings. The van der Waals surface area contributed by atoms with E-state index in [0.29, 0.717) is 10.0 Å². The van der Waals surface area contributed by atoms with Crippen molar-refractivity contribution in [2.24, 2.45) is 0 Å². The lowest BCUT2D eigenvalue weighted by molar-refractivity contribution is -0.158. The van der Waals surface area contributed by atoms with E-state index in [1.54, 1.807) is 40.1 Å². The predicted molar refractivity (Wildman–Crippen MR) is 103 cm³/mol. The molecule has 6 heteroatoms. The van der Waals surface area contributed by atoms with Crippen LogP contribution in [0.25, 0.3) is 0 Å². The van der Waals surface area contributed by atoms with Gasteiger partial charge in [0.25, 0.3) is 5.91 Å². The summed E-state index contributed by atoms with van der Waals surface area (Å²) in [6.45, 7) is 4.18. The molecule has 0 aromatic heterocycles. The first kappa shape index (κ1) is 18.7. The molecule has 0 spiro atoms. The third kappa shape index (κ3) is 3.71. The molecule has 3 rings (SSSR count). The van der Waals surface area contributed by atoms with E-state index in [0.717, 1.165) is 11.1 Å². The van der Waals surface area contributed by atoms with Crippen molar-refractivity contribution in [2.45, 2.75) is 32.5 Å². The van der Waals surface area contributed by atoms with Gasteiger partial charge in [0.2, 0.25) is 5.91 Å². The lowest BCUT2D eigenvalue weighted by Crippen LogP contribution is -2.56. The minimum absolute atomic E-state index is 0.0521. The monoisotopic (exact) mass is 390 g/mol. The van der Waals surface area contributed by atoms with E-state index in [-0.39, 0.29) is 30.9 Å². The van der Waals surface area contributed by atoms with Gasteiger partial charge in [0.15, 0.2) is 0 Å². The van der Waals surface area contributed by atoms with Crippen LogP contribution in [0.3, 0.4) is 0 Å². The zero-order valence-electron chi connectivity index (χ0n) is 14.7. The quantitative estimate of drug-likeness (QED) is 0.779. The van der Waals surface area contributed by atoms with Crippen LogP contribution >= 0.6 is 23.2 Å². The smallest absolute Gasteiger partial charge is 0.250 e. The maximum absolute atomic E-state index is 13.1. The van der Waals surface area contributed by atoms with E-state index in [2.05, 4.69) is 0 Å². The van der Waals surface area contributed by atoms with Gasteiger partial charge in [0.1, 0.15) is 12.6 Å². The molecule has 0 N–H and O–H groups in total. The fraction of sp³-hybridized carbons (Fsp3) is 0.300. The van der Waals surface area contributed by atoms with Crippen molar-refractivity contribution < 1.29 is 9.59 Å². The number of carbonyl (C=O) groups excluding carboxylic acids is 2. The highest BCUT2D eigenvalue weighted by molar-refractivity contribution is 6.31. The van der Waals surface area contributed by atoms with Crippen LogP contribution in [0.5, 0.6) is 0 Å². The molecule has 1 unspecified atom stereocenters. The van der Waals surface area contributed by atoms with Gasteiger partial charge >= 0.3 is 0 Å². The van der Waals surface area contributed by atoms with Gasteiger partial charge in [0.05, 0.1) is 0 Å². The molecule has 1 heterocycles. The molecule has 1 atom stereocenters. The summed E-state index contributed by atoms with van der Waals surface area (Å²) < 4.78 is 0. The van der Waals surface area contributed by atoms with Crippen molar-refractivity contribution in [3.8, 4) is 0 Å². The highest BCUT2D eigenvalue weighted by Crippen LogP contribution is 2.32. The zero-order valence-corrected chi connectivity index (χ0v) is 16.2. The number of nitrogens with zero attached hydrogens (tertiary/aromatic N) is 2. The van der Waals surface area contributed by atoms with Crippen LogP contribution in [-0.4, -0.2) is 34.2 Å². The molecule has 26 heavy (non-hydrogen) atoms. The number of amides is 2. The third-order valence-corrected chi connectivity index (χ3v) is 5.18. The topological polar surface area (TPSA) is 40.6 Å². The Labute approximate surface area is 163 Å². The van der Waals surface area contributed by atoms with Crippen molar-refractivity contribution in [3.05, 3.63) is 69.7 Å². The van der Waals surface area contributed by atoms with Gasteiger partial charge in [-0.05, 0) is 43.2 Å². The zero-order chi connectivity index (χ0) is 18.8. The molecule has 0 bridgehead atoms. The molecular weight excluding hydrogens is 371 g/mol. The van der Waals surface area contributed by atoms with E-state index >= 15 is 0 Å². The van der Waals surface area contributed by atoms with Crippen LogP contribution in [0, 0.1) is 0 Å². The van der Waals surface area contributed by atoms with Gasteiger partial charge in [0, 0.05) is 22.6 Å². The summed E-state index contributed by atoms with van der Waals surface area (Å²) in [7, 11) is 0. The molecule has 4 nitrogen and oxygen atoms in total. The maximum atomic E-state index is 13.1. The van der Waals surface area contributed by atoms with E-state index in [9.17, 15) is 9.59 Å². The van der Waals surface area contributed by atoms with Crippen LogP contribution in [-0.2, 0) is 16.1 Å². The number of benzene rings is 2. The molecule has 1 aliphatic heterocycles. The predicted octanol–water partition coefficient (Wildman–Crippen LogP) is 4.31. The van der Waals surface area contributed by atoms with Crippen molar-refractivity contribution in [1.82, 2.24) is 9.80 Å². The Morgan fingerprint density at radius 1 is 1.04 bits per heavy atom. The Morgan fingerprint density at radius 2 is 1.69 bits per heavy atom. The number of carbonyl (C=O) groups is 2. The summed E-state index contributed by atoms with van der Waals surface area (Å²) in [6, 6.07) is 13.7. The molecule has 0 aliphatic carbocycles. The second-order valence-electron chi connectivity index (χ2n) is 6.63. The maximum Gasteiger partial charge on any atom is 0.250 e. The molecule has 1 saturated heterocycles. The van der Waals surface area contributed by atoms with Gasteiger partial charge in [-0.15, -0.1) is 0 Å². The molecule has 1 aliphatic rings. The summed E-state index contributed by atoms with van der Waals surface area (Å²) in [4.78, 5) is 29.3. The Bertz CT molecular complexity index is 821. The number of hydrogen-bond acceptors (Lipinski definition) is 2. The average molecular weight is 391 g/mol. The first-order valence-electron chi connectivity index (χ1n) is 8.47. The summed E-state index contributed by atoms with van der Waals surface area (Å²) in [5, 5.41) is 1.16. The molecule has 0 saturated carbocycles. The second kappa shape index (κ2) is 7.68. The number of rotatable bonds is 4. The van der Waals surface area contributed by atoms with Gasteiger partial charge < -0.3 is 9.80 Å². The molecule has 2 aromatic rings. The van der Waals surface area contributed by atoms with Crippen LogP contribution in [0.15, 0.2) is 48.5 Å².